The zero-order valence-corrected chi connectivity index (χ0v) is 17.9. The molecule has 1 fully saturated rings. The summed E-state index contributed by atoms with van der Waals surface area (Å²) in [5, 5.41) is 1.80. The van der Waals surface area contributed by atoms with Gasteiger partial charge in [0.2, 0.25) is 0 Å². The first-order chi connectivity index (χ1) is 13.4. The average molecular weight is 439 g/mol. The zero-order chi connectivity index (χ0) is 20.3. The van der Waals surface area contributed by atoms with Crippen molar-refractivity contribution in [3.05, 3.63) is 46.2 Å². The maximum Gasteiger partial charge on any atom is 0.294 e. The van der Waals surface area contributed by atoms with Crippen LogP contribution in [-0.2, 0) is 14.8 Å². The second kappa shape index (κ2) is 8.38. The Morgan fingerprint density at radius 3 is 2.61 bits per heavy atom. The molecule has 1 saturated heterocycles. The van der Waals surface area contributed by atoms with Gasteiger partial charge in [0.25, 0.3) is 15.9 Å². The number of amides is 1. The Hall–Kier alpha value is -2.30. The minimum Gasteiger partial charge on any atom is -0.497 e. The van der Waals surface area contributed by atoms with Crippen LogP contribution in [0.3, 0.4) is 0 Å². The zero-order valence-electron chi connectivity index (χ0n) is 15.4. The molecule has 1 aromatic carbocycles. The van der Waals surface area contributed by atoms with Crippen molar-refractivity contribution in [2.24, 2.45) is 4.40 Å². The molecule has 2 heterocycles. The van der Waals surface area contributed by atoms with E-state index in [0.717, 1.165) is 23.1 Å². The monoisotopic (exact) mass is 438 g/mol. The van der Waals surface area contributed by atoms with Crippen molar-refractivity contribution in [2.45, 2.75) is 11.1 Å². The van der Waals surface area contributed by atoms with Crippen LogP contribution in [-0.4, -0.2) is 45.2 Å². The highest BCUT2D eigenvalue weighted by Crippen LogP contribution is 2.36. The van der Waals surface area contributed by atoms with E-state index in [0.29, 0.717) is 28.5 Å². The molecule has 2 aromatic rings. The molecule has 7 nitrogen and oxygen atoms in total. The maximum atomic E-state index is 12.7. The van der Waals surface area contributed by atoms with Gasteiger partial charge in [0.15, 0.2) is 5.17 Å². The lowest BCUT2D eigenvalue weighted by molar-refractivity contribution is -0.122. The summed E-state index contributed by atoms with van der Waals surface area (Å²) in [5.74, 6) is 0.870. The van der Waals surface area contributed by atoms with Crippen molar-refractivity contribution in [3.8, 4) is 11.5 Å². The molecule has 0 bridgehead atoms. The smallest absolute Gasteiger partial charge is 0.294 e. The Balaban J connectivity index is 1.98. The van der Waals surface area contributed by atoms with Crippen LogP contribution in [0.1, 0.15) is 12.5 Å². The number of amidine groups is 1. The van der Waals surface area contributed by atoms with Gasteiger partial charge in [-0.05, 0) is 48.3 Å². The standard InChI is InChI=1S/C18H18N2O5S3/c1-4-20-17(21)15(10-12-7-8-13(24-2)11-14(12)25-3)27-18(20)19-28(22,23)16-6-5-9-26-16/h5-11H,4H2,1-3H3/b15-10-,19-18+. The predicted molar refractivity (Wildman–Crippen MR) is 111 cm³/mol. The molecule has 0 aliphatic carbocycles. The van der Waals surface area contributed by atoms with Gasteiger partial charge in [-0.3, -0.25) is 9.69 Å². The van der Waals surface area contributed by atoms with E-state index in [1.54, 1.807) is 49.8 Å². The molecule has 0 unspecified atom stereocenters. The number of ether oxygens (including phenoxy) is 2. The van der Waals surface area contributed by atoms with E-state index >= 15 is 0 Å². The van der Waals surface area contributed by atoms with Gasteiger partial charge in [-0.1, -0.05) is 6.07 Å². The summed E-state index contributed by atoms with van der Waals surface area (Å²) in [5.41, 5.74) is 0.678. The van der Waals surface area contributed by atoms with Crippen LogP contribution in [0, 0.1) is 0 Å². The SMILES string of the molecule is CCN1C(=O)/C(=C/c2ccc(OC)cc2OC)S/C1=N/S(=O)(=O)c1cccs1. The third-order valence-electron chi connectivity index (χ3n) is 3.88. The number of hydrogen-bond acceptors (Lipinski definition) is 7. The number of benzene rings is 1. The Labute approximate surface area is 171 Å². The van der Waals surface area contributed by atoms with Crippen LogP contribution >= 0.6 is 23.1 Å². The Kier molecular flexibility index (Phi) is 6.11. The molecule has 1 aromatic heterocycles. The number of carbonyl (C=O) groups is 1. The van der Waals surface area contributed by atoms with Crippen LogP contribution in [0.5, 0.6) is 11.5 Å². The van der Waals surface area contributed by atoms with Crippen LogP contribution in [0.15, 0.2) is 49.2 Å². The molecular formula is C18H18N2O5S3. The summed E-state index contributed by atoms with van der Waals surface area (Å²) in [6.07, 6.45) is 1.66. The van der Waals surface area contributed by atoms with Gasteiger partial charge < -0.3 is 9.47 Å². The fourth-order valence-corrected chi connectivity index (χ4v) is 5.70. The van der Waals surface area contributed by atoms with Crippen LogP contribution in [0.25, 0.3) is 6.08 Å². The highest BCUT2D eigenvalue weighted by atomic mass is 32.2. The minimum absolute atomic E-state index is 0.137. The molecule has 1 aliphatic rings. The van der Waals surface area contributed by atoms with Crippen molar-refractivity contribution in [2.75, 3.05) is 20.8 Å². The van der Waals surface area contributed by atoms with Crippen molar-refractivity contribution in [3.63, 3.8) is 0 Å². The van der Waals surface area contributed by atoms with Crippen molar-refractivity contribution < 1.29 is 22.7 Å². The largest absolute Gasteiger partial charge is 0.497 e. The third kappa shape index (κ3) is 4.08. The Bertz CT molecular complexity index is 1040. The number of likely N-dealkylation sites (N-methyl/N-ethyl adjacent to an activating group) is 1. The summed E-state index contributed by atoms with van der Waals surface area (Å²) < 4.78 is 39.5. The van der Waals surface area contributed by atoms with E-state index in [9.17, 15) is 13.2 Å². The van der Waals surface area contributed by atoms with Gasteiger partial charge in [0.05, 0.1) is 19.1 Å². The Morgan fingerprint density at radius 2 is 2.00 bits per heavy atom. The first-order valence-electron chi connectivity index (χ1n) is 8.21. The molecule has 3 rings (SSSR count). The first kappa shape index (κ1) is 20.4. The molecule has 0 atom stereocenters. The third-order valence-corrected chi connectivity index (χ3v) is 7.64. The van der Waals surface area contributed by atoms with Crippen LogP contribution < -0.4 is 9.47 Å². The second-order valence-electron chi connectivity index (χ2n) is 5.55. The number of thiophene rings is 1. The number of rotatable bonds is 6. The fraction of sp³-hybridized carbons (Fsp3) is 0.222. The molecule has 10 heteroatoms. The number of sulfonamides is 1. The number of hydrogen-bond donors (Lipinski definition) is 0. The van der Waals surface area contributed by atoms with E-state index in [-0.39, 0.29) is 15.3 Å². The molecule has 28 heavy (non-hydrogen) atoms. The summed E-state index contributed by atoms with van der Waals surface area (Å²) in [4.78, 5) is 14.5. The van der Waals surface area contributed by atoms with Crippen LogP contribution in [0.2, 0.25) is 0 Å². The van der Waals surface area contributed by atoms with Gasteiger partial charge in [0, 0.05) is 18.2 Å². The van der Waals surface area contributed by atoms with Gasteiger partial charge in [-0.25, -0.2) is 0 Å². The van der Waals surface area contributed by atoms with Gasteiger partial charge in [-0.15, -0.1) is 15.7 Å². The first-order valence-corrected chi connectivity index (χ1v) is 11.3. The number of carbonyl (C=O) groups excluding carboxylic acids is 1. The van der Waals surface area contributed by atoms with Crippen LogP contribution in [0.4, 0.5) is 0 Å². The molecule has 0 saturated carbocycles. The average Bonchev–Trinajstić information content (AvgIpc) is 3.31. The van der Waals surface area contributed by atoms with Gasteiger partial charge >= 0.3 is 0 Å². The summed E-state index contributed by atoms with van der Waals surface area (Å²) >= 11 is 2.11. The number of nitrogens with zero attached hydrogens (tertiary/aromatic N) is 2. The Morgan fingerprint density at radius 1 is 1.21 bits per heavy atom. The predicted octanol–water partition coefficient (Wildman–Crippen LogP) is 3.45. The van der Waals surface area contributed by atoms with Crippen molar-refractivity contribution >= 4 is 50.3 Å². The normalized spacial score (nSPS) is 17.5. The van der Waals surface area contributed by atoms with E-state index < -0.39 is 10.0 Å². The van der Waals surface area contributed by atoms with E-state index in [2.05, 4.69) is 4.40 Å². The molecule has 1 aliphatic heterocycles. The topological polar surface area (TPSA) is 85.3 Å². The van der Waals surface area contributed by atoms with E-state index in [4.69, 9.17) is 9.47 Å². The molecule has 148 valence electrons. The van der Waals surface area contributed by atoms with E-state index in [1.165, 1.54) is 18.1 Å². The van der Waals surface area contributed by atoms with Crippen molar-refractivity contribution in [1.82, 2.24) is 4.90 Å². The summed E-state index contributed by atoms with van der Waals surface area (Å²) in [7, 11) is -0.780. The second-order valence-corrected chi connectivity index (χ2v) is 9.34. The summed E-state index contributed by atoms with van der Waals surface area (Å²) in [6.45, 7) is 2.07. The molecule has 0 spiro atoms. The molecule has 1 amide bonds. The molecular weight excluding hydrogens is 420 g/mol. The lowest BCUT2D eigenvalue weighted by atomic mass is 10.1. The number of methoxy groups -OCH3 is 2. The fourth-order valence-electron chi connectivity index (χ4n) is 2.49. The maximum absolute atomic E-state index is 12.7. The molecule has 0 radical (unpaired) electrons. The highest BCUT2D eigenvalue weighted by Gasteiger charge is 2.34. The summed E-state index contributed by atoms with van der Waals surface area (Å²) in [6, 6.07) is 8.37. The lowest BCUT2D eigenvalue weighted by Crippen LogP contribution is -2.29. The lowest BCUT2D eigenvalue weighted by Gasteiger charge is -2.11. The number of thioether (sulfide) groups is 1. The van der Waals surface area contributed by atoms with Gasteiger partial charge in [0.1, 0.15) is 15.7 Å². The molecule has 0 N–H and O–H groups in total. The van der Waals surface area contributed by atoms with Crippen molar-refractivity contribution in [1.29, 1.82) is 0 Å². The van der Waals surface area contributed by atoms with E-state index in [1.807, 2.05) is 0 Å². The highest BCUT2D eigenvalue weighted by molar-refractivity contribution is 8.19. The quantitative estimate of drug-likeness (QED) is 0.642. The van der Waals surface area contributed by atoms with Gasteiger partial charge in [-0.2, -0.15) is 8.42 Å². The minimum atomic E-state index is -3.86.